The van der Waals surface area contributed by atoms with Crippen LogP contribution in [0, 0.1) is 0 Å². The molecule has 2 rings (SSSR count). The highest BCUT2D eigenvalue weighted by Crippen LogP contribution is 2.14. The number of ether oxygens (including phenoxy) is 1. The van der Waals surface area contributed by atoms with Gasteiger partial charge in [-0.25, -0.2) is 8.42 Å². The first-order valence-corrected chi connectivity index (χ1v) is 10.3. The predicted octanol–water partition coefficient (Wildman–Crippen LogP) is 0.550. The zero-order chi connectivity index (χ0) is 18.3. The maximum Gasteiger partial charge on any atom is 0.235 e. The Morgan fingerprint density at radius 1 is 1.32 bits per heavy atom. The Bertz CT molecular complexity index is 678. The van der Waals surface area contributed by atoms with Gasteiger partial charge < -0.3 is 10.1 Å². The summed E-state index contributed by atoms with van der Waals surface area (Å²) in [4.78, 5) is 14.3. The van der Waals surface area contributed by atoms with Gasteiger partial charge in [-0.05, 0) is 11.6 Å². The van der Waals surface area contributed by atoms with E-state index in [-0.39, 0.29) is 25.5 Å². The van der Waals surface area contributed by atoms with Crippen LogP contribution >= 0.6 is 11.6 Å². The summed E-state index contributed by atoms with van der Waals surface area (Å²) in [7, 11) is -3.46. The lowest BCUT2D eigenvalue weighted by Gasteiger charge is -2.29. The smallest absolute Gasteiger partial charge is 0.235 e. The molecule has 0 aromatic heterocycles. The van der Waals surface area contributed by atoms with Gasteiger partial charge in [0, 0.05) is 37.7 Å². The SMILES string of the molecule is CS(=O)(=O)N(CCN1CCOCC1)CC(=O)NCc1ccccc1Cl. The number of morpholine rings is 1. The van der Waals surface area contributed by atoms with Crippen LogP contribution in [-0.4, -0.2) is 75.7 Å². The van der Waals surface area contributed by atoms with E-state index >= 15 is 0 Å². The molecule has 7 nitrogen and oxygen atoms in total. The molecular weight excluding hydrogens is 366 g/mol. The third-order valence-electron chi connectivity index (χ3n) is 3.99. The van der Waals surface area contributed by atoms with E-state index in [2.05, 4.69) is 10.2 Å². The van der Waals surface area contributed by atoms with E-state index in [1.54, 1.807) is 6.07 Å². The Labute approximate surface area is 153 Å². The first-order chi connectivity index (χ1) is 11.9. The van der Waals surface area contributed by atoms with E-state index in [0.717, 1.165) is 24.9 Å². The lowest BCUT2D eigenvalue weighted by Crippen LogP contribution is -2.45. The molecule has 9 heteroatoms. The highest BCUT2D eigenvalue weighted by atomic mass is 35.5. The van der Waals surface area contributed by atoms with Gasteiger partial charge in [-0.2, -0.15) is 4.31 Å². The summed E-state index contributed by atoms with van der Waals surface area (Å²) in [6.07, 6.45) is 1.12. The fourth-order valence-corrected chi connectivity index (χ4v) is 3.46. The first kappa shape index (κ1) is 20.1. The molecule has 1 amide bonds. The van der Waals surface area contributed by atoms with Crippen molar-refractivity contribution in [2.45, 2.75) is 6.54 Å². The Balaban J connectivity index is 1.85. The van der Waals surface area contributed by atoms with Crippen LogP contribution in [0.5, 0.6) is 0 Å². The number of halogens is 1. The molecule has 140 valence electrons. The fourth-order valence-electron chi connectivity index (χ4n) is 2.49. The molecule has 0 saturated carbocycles. The maximum atomic E-state index is 12.1. The second-order valence-electron chi connectivity index (χ2n) is 5.92. The Morgan fingerprint density at radius 2 is 2.00 bits per heavy atom. The molecule has 1 N–H and O–H groups in total. The van der Waals surface area contributed by atoms with Crippen LogP contribution in [-0.2, 0) is 26.1 Å². The molecule has 0 bridgehead atoms. The highest BCUT2D eigenvalue weighted by Gasteiger charge is 2.21. The van der Waals surface area contributed by atoms with Crippen molar-refractivity contribution in [2.75, 3.05) is 52.2 Å². The van der Waals surface area contributed by atoms with Crippen molar-refractivity contribution in [1.82, 2.24) is 14.5 Å². The molecule has 1 fully saturated rings. The molecule has 0 atom stereocenters. The predicted molar refractivity (Wildman–Crippen MR) is 97.0 cm³/mol. The standard InChI is InChI=1S/C16H24ClN3O4S/c1-25(22,23)20(7-6-19-8-10-24-11-9-19)13-16(21)18-12-14-4-2-3-5-15(14)17/h2-5H,6-13H2,1H3,(H,18,21). The van der Waals surface area contributed by atoms with Crippen molar-refractivity contribution in [2.24, 2.45) is 0 Å². The van der Waals surface area contributed by atoms with Crippen LogP contribution in [0.25, 0.3) is 0 Å². The molecule has 1 aromatic carbocycles. The summed E-state index contributed by atoms with van der Waals surface area (Å²) in [6.45, 7) is 3.76. The summed E-state index contributed by atoms with van der Waals surface area (Å²) < 4.78 is 30.4. The molecule has 0 aliphatic carbocycles. The topological polar surface area (TPSA) is 79.0 Å². The number of benzene rings is 1. The van der Waals surface area contributed by atoms with Crippen LogP contribution in [0.15, 0.2) is 24.3 Å². The number of nitrogens with zero attached hydrogens (tertiary/aromatic N) is 2. The summed E-state index contributed by atoms with van der Waals surface area (Å²) in [5.41, 5.74) is 0.789. The average molecular weight is 390 g/mol. The van der Waals surface area contributed by atoms with Crippen molar-refractivity contribution in [3.05, 3.63) is 34.9 Å². The van der Waals surface area contributed by atoms with E-state index in [0.29, 0.717) is 24.8 Å². The number of carbonyl (C=O) groups excluding carboxylic acids is 1. The van der Waals surface area contributed by atoms with Crippen molar-refractivity contribution >= 4 is 27.5 Å². The fraction of sp³-hybridized carbons (Fsp3) is 0.562. The van der Waals surface area contributed by atoms with Crippen molar-refractivity contribution in [1.29, 1.82) is 0 Å². The Hall–Kier alpha value is -1.19. The summed E-state index contributed by atoms with van der Waals surface area (Å²) >= 11 is 6.05. The van der Waals surface area contributed by atoms with Gasteiger partial charge in [0.1, 0.15) is 0 Å². The van der Waals surface area contributed by atoms with Gasteiger partial charge >= 0.3 is 0 Å². The van der Waals surface area contributed by atoms with Gasteiger partial charge in [0.2, 0.25) is 15.9 Å². The monoisotopic (exact) mass is 389 g/mol. The minimum Gasteiger partial charge on any atom is -0.379 e. The van der Waals surface area contributed by atoms with E-state index in [1.165, 1.54) is 4.31 Å². The lowest BCUT2D eigenvalue weighted by atomic mass is 10.2. The van der Waals surface area contributed by atoms with E-state index in [9.17, 15) is 13.2 Å². The van der Waals surface area contributed by atoms with Crippen molar-refractivity contribution in [3.8, 4) is 0 Å². The minimum absolute atomic E-state index is 0.201. The third-order valence-corrected chi connectivity index (χ3v) is 5.61. The molecule has 0 spiro atoms. The molecule has 0 radical (unpaired) electrons. The Morgan fingerprint density at radius 3 is 2.64 bits per heavy atom. The molecule has 1 aromatic rings. The van der Waals surface area contributed by atoms with E-state index < -0.39 is 10.0 Å². The number of rotatable bonds is 8. The van der Waals surface area contributed by atoms with Crippen LogP contribution in [0.1, 0.15) is 5.56 Å². The van der Waals surface area contributed by atoms with Crippen molar-refractivity contribution in [3.63, 3.8) is 0 Å². The van der Waals surface area contributed by atoms with Crippen LogP contribution in [0.4, 0.5) is 0 Å². The van der Waals surface area contributed by atoms with Gasteiger partial charge in [0.15, 0.2) is 0 Å². The number of sulfonamides is 1. The number of nitrogens with one attached hydrogen (secondary N) is 1. The van der Waals surface area contributed by atoms with Crippen LogP contribution in [0.2, 0.25) is 5.02 Å². The first-order valence-electron chi connectivity index (χ1n) is 8.11. The zero-order valence-corrected chi connectivity index (χ0v) is 15.9. The largest absolute Gasteiger partial charge is 0.379 e. The maximum absolute atomic E-state index is 12.1. The normalized spacial score (nSPS) is 16.1. The molecule has 1 heterocycles. The number of carbonyl (C=O) groups is 1. The van der Waals surface area contributed by atoms with Crippen molar-refractivity contribution < 1.29 is 17.9 Å². The molecule has 1 aliphatic heterocycles. The van der Waals surface area contributed by atoms with Gasteiger partial charge in [-0.3, -0.25) is 9.69 Å². The van der Waals surface area contributed by atoms with E-state index in [4.69, 9.17) is 16.3 Å². The zero-order valence-electron chi connectivity index (χ0n) is 14.3. The third kappa shape index (κ3) is 6.91. The van der Waals surface area contributed by atoms with Crippen LogP contribution in [0.3, 0.4) is 0 Å². The summed E-state index contributed by atoms with van der Waals surface area (Å²) in [5, 5.41) is 3.28. The van der Waals surface area contributed by atoms with E-state index in [1.807, 2.05) is 18.2 Å². The van der Waals surface area contributed by atoms with Gasteiger partial charge in [0.25, 0.3) is 0 Å². The molecule has 1 saturated heterocycles. The van der Waals surface area contributed by atoms with Gasteiger partial charge in [-0.1, -0.05) is 29.8 Å². The number of hydrogen-bond donors (Lipinski definition) is 1. The molecule has 1 aliphatic rings. The quantitative estimate of drug-likeness (QED) is 0.702. The molecular formula is C16H24ClN3O4S. The minimum atomic E-state index is -3.46. The average Bonchev–Trinajstić information content (AvgIpc) is 2.58. The highest BCUT2D eigenvalue weighted by molar-refractivity contribution is 7.88. The van der Waals surface area contributed by atoms with Gasteiger partial charge in [-0.15, -0.1) is 0 Å². The second-order valence-corrected chi connectivity index (χ2v) is 8.31. The lowest BCUT2D eigenvalue weighted by molar-refractivity contribution is -0.121. The van der Waals surface area contributed by atoms with Gasteiger partial charge in [0.05, 0.1) is 26.0 Å². The molecule has 0 unspecified atom stereocenters. The second kappa shape index (κ2) is 9.49. The summed E-state index contributed by atoms with van der Waals surface area (Å²) in [5.74, 6) is -0.354. The van der Waals surface area contributed by atoms with Crippen LogP contribution < -0.4 is 5.32 Å². The number of hydrogen-bond acceptors (Lipinski definition) is 5. The summed E-state index contributed by atoms with van der Waals surface area (Å²) in [6, 6.07) is 7.20. The Kier molecular flexibility index (Phi) is 7.64. The number of amides is 1. The molecule has 25 heavy (non-hydrogen) atoms.